The van der Waals surface area contributed by atoms with E-state index in [1.165, 1.54) is 11.3 Å². The summed E-state index contributed by atoms with van der Waals surface area (Å²) in [5.74, 6) is 0. The van der Waals surface area contributed by atoms with E-state index in [1.54, 1.807) is 12.1 Å². The summed E-state index contributed by atoms with van der Waals surface area (Å²) in [5.41, 5.74) is 1.37. The van der Waals surface area contributed by atoms with Crippen LogP contribution >= 0.6 is 11.3 Å². The molecule has 104 valence electrons. The van der Waals surface area contributed by atoms with Crippen LogP contribution < -0.4 is 4.90 Å². The minimum atomic E-state index is -0.376. The number of nitrogens with zero attached hydrogens (tertiary/aromatic N) is 4. The number of nitriles is 1. The molecule has 0 aliphatic carbocycles. The summed E-state index contributed by atoms with van der Waals surface area (Å²) in [5, 5.41) is 20.8. The van der Waals surface area contributed by atoms with Crippen molar-refractivity contribution in [2.75, 3.05) is 18.0 Å². The molecule has 1 aromatic heterocycles. The lowest BCUT2D eigenvalue weighted by atomic mass is 10.2. The van der Waals surface area contributed by atoms with E-state index >= 15 is 0 Å². The summed E-state index contributed by atoms with van der Waals surface area (Å²) >= 11 is 1.44. The molecule has 0 atom stereocenters. The highest BCUT2D eigenvalue weighted by Crippen LogP contribution is 2.35. The molecule has 0 radical (unpaired) electrons. The molecule has 1 heterocycles. The molecule has 2 rings (SSSR count). The van der Waals surface area contributed by atoms with Crippen molar-refractivity contribution in [2.45, 2.75) is 20.3 Å². The number of nitro groups is 1. The van der Waals surface area contributed by atoms with Crippen molar-refractivity contribution >= 4 is 32.9 Å². The third-order valence-electron chi connectivity index (χ3n) is 3.00. The van der Waals surface area contributed by atoms with Gasteiger partial charge in [0, 0.05) is 19.2 Å². The van der Waals surface area contributed by atoms with Crippen molar-refractivity contribution in [3.8, 4) is 6.07 Å². The number of nitro benzene ring substituents is 1. The standard InChI is InChI=1S/C13H14N4O2S/c1-3-16(6-4-5-14)11-7-10-13(20-9(2)15-10)8-12(11)17(18)19/h7-8H,3-4,6H2,1-2H3. The number of hydrogen-bond acceptors (Lipinski definition) is 6. The SMILES string of the molecule is CCN(CCC#N)c1cc2nc(C)sc2cc1[N+](=O)[O-]. The van der Waals surface area contributed by atoms with Gasteiger partial charge in [-0.1, -0.05) is 0 Å². The fraction of sp³-hybridized carbons (Fsp3) is 0.385. The Morgan fingerprint density at radius 2 is 2.30 bits per heavy atom. The third kappa shape index (κ3) is 2.70. The molecule has 0 fully saturated rings. The molecule has 0 aliphatic rings. The first-order chi connectivity index (χ1) is 9.56. The normalized spacial score (nSPS) is 10.4. The van der Waals surface area contributed by atoms with E-state index in [0.717, 1.165) is 15.2 Å². The lowest BCUT2D eigenvalue weighted by molar-refractivity contribution is -0.384. The second kappa shape index (κ2) is 5.84. The Bertz CT molecular complexity index is 689. The van der Waals surface area contributed by atoms with Gasteiger partial charge in [-0.3, -0.25) is 10.1 Å². The Kier molecular flexibility index (Phi) is 4.15. The van der Waals surface area contributed by atoms with Crippen molar-refractivity contribution in [1.29, 1.82) is 5.26 Å². The predicted octanol–water partition coefficient (Wildman–Crippen LogP) is 3.25. The van der Waals surface area contributed by atoms with Gasteiger partial charge in [0.25, 0.3) is 5.69 Å². The molecule has 0 saturated carbocycles. The van der Waals surface area contributed by atoms with Crippen LogP contribution in [0.4, 0.5) is 11.4 Å². The maximum absolute atomic E-state index is 11.3. The molecule has 6 nitrogen and oxygen atoms in total. The Morgan fingerprint density at radius 3 is 2.90 bits per heavy atom. The summed E-state index contributed by atoms with van der Waals surface area (Å²) < 4.78 is 0.814. The van der Waals surface area contributed by atoms with E-state index < -0.39 is 0 Å². The number of hydrogen-bond donors (Lipinski definition) is 0. The van der Waals surface area contributed by atoms with Gasteiger partial charge in [0.05, 0.1) is 32.6 Å². The van der Waals surface area contributed by atoms with Crippen molar-refractivity contribution in [1.82, 2.24) is 4.98 Å². The molecule has 7 heteroatoms. The lowest BCUT2D eigenvalue weighted by Gasteiger charge is -2.21. The zero-order valence-electron chi connectivity index (χ0n) is 11.3. The van der Waals surface area contributed by atoms with E-state index in [1.807, 2.05) is 18.7 Å². The average molecular weight is 290 g/mol. The summed E-state index contributed by atoms with van der Waals surface area (Å²) in [4.78, 5) is 17.1. The monoisotopic (exact) mass is 290 g/mol. The molecule has 1 aromatic carbocycles. The molecule has 0 unspecified atom stereocenters. The van der Waals surface area contributed by atoms with Crippen molar-refractivity contribution in [2.24, 2.45) is 0 Å². The van der Waals surface area contributed by atoms with Crippen LogP contribution in [0.1, 0.15) is 18.4 Å². The average Bonchev–Trinajstić information content (AvgIpc) is 2.77. The highest BCUT2D eigenvalue weighted by Gasteiger charge is 2.21. The van der Waals surface area contributed by atoms with Gasteiger partial charge in [-0.05, 0) is 19.9 Å². The van der Waals surface area contributed by atoms with Gasteiger partial charge in [0.1, 0.15) is 5.69 Å². The Morgan fingerprint density at radius 1 is 1.55 bits per heavy atom. The van der Waals surface area contributed by atoms with Crippen molar-refractivity contribution in [3.63, 3.8) is 0 Å². The number of aryl methyl sites for hydroxylation is 1. The molecular formula is C13H14N4O2S. The quantitative estimate of drug-likeness (QED) is 0.623. The topological polar surface area (TPSA) is 83.1 Å². The first-order valence-corrected chi connectivity index (χ1v) is 7.06. The fourth-order valence-corrected chi connectivity index (χ4v) is 2.94. The fourth-order valence-electron chi connectivity index (χ4n) is 2.10. The Hall–Kier alpha value is -2.20. The molecule has 0 aliphatic heterocycles. The number of fused-ring (bicyclic) bond motifs is 1. The number of thiazole rings is 1. The highest BCUT2D eigenvalue weighted by atomic mass is 32.1. The van der Waals surface area contributed by atoms with Crippen molar-refractivity contribution in [3.05, 3.63) is 27.3 Å². The number of aromatic nitrogens is 1. The summed E-state index contributed by atoms with van der Waals surface area (Å²) in [6.45, 7) is 4.88. The van der Waals surface area contributed by atoms with Gasteiger partial charge in [-0.25, -0.2) is 4.98 Å². The molecule has 0 bridgehead atoms. The van der Waals surface area contributed by atoms with Gasteiger partial charge >= 0.3 is 0 Å². The first-order valence-electron chi connectivity index (χ1n) is 6.24. The van der Waals surface area contributed by atoms with Crippen LogP contribution in [-0.2, 0) is 0 Å². The second-order valence-electron chi connectivity index (χ2n) is 4.29. The van der Waals surface area contributed by atoms with Crippen LogP contribution in [-0.4, -0.2) is 23.0 Å². The summed E-state index contributed by atoms with van der Waals surface area (Å²) in [7, 11) is 0. The largest absolute Gasteiger partial charge is 0.365 e. The van der Waals surface area contributed by atoms with Gasteiger partial charge in [0.2, 0.25) is 0 Å². The number of benzene rings is 1. The van der Waals surface area contributed by atoms with Crippen molar-refractivity contribution < 1.29 is 4.92 Å². The Balaban J connectivity index is 2.56. The minimum absolute atomic E-state index is 0.0703. The molecule has 2 aromatic rings. The molecule has 0 saturated heterocycles. The van der Waals surface area contributed by atoms with Gasteiger partial charge < -0.3 is 4.90 Å². The Labute approximate surface area is 120 Å². The van der Waals surface area contributed by atoms with Crippen LogP contribution in [0.2, 0.25) is 0 Å². The lowest BCUT2D eigenvalue weighted by Crippen LogP contribution is -2.24. The van der Waals surface area contributed by atoms with E-state index in [4.69, 9.17) is 5.26 Å². The van der Waals surface area contributed by atoms with Crippen LogP contribution in [0.15, 0.2) is 12.1 Å². The minimum Gasteiger partial charge on any atom is -0.365 e. The van der Waals surface area contributed by atoms with E-state index in [-0.39, 0.29) is 10.6 Å². The van der Waals surface area contributed by atoms with Crippen LogP contribution in [0, 0.1) is 28.4 Å². The molecule has 0 amide bonds. The maximum Gasteiger partial charge on any atom is 0.294 e. The van der Waals surface area contributed by atoms with E-state index in [2.05, 4.69) is 11.1 Å². The molecule has 0 spiro atoms. The maximum atomic E-state index is 11.3. The van der Waals surface area contributed by atoms with E-state index in [0.29, 0.717) is 25.2 Å². The second-order valence-corrected chi connectivity index (χ2v) is 5.52. The molecule has 0 N–H and O–H groups in total. The van der Waals surface area contributed by atoms with Gasteiger partial charge in [-0.15, -0.1) is 11.3 Å². The highest BCUT2D eigenvalue weighted by molar-refractivity contribution is 7.18. The first kappa shape index (κ1) is 14.2. The van der Waals surface area contributed by atoms with Gasteiger partial charge in [0.15, 0.2) is 0 Å². The zero-order chi connectivity index (χ0) is 14.7. The smallest absolute Gasteiger partial charge is 0.294 e. The third-order valence-corrected chi connectivity index (χ3v) is 3.94. The summed E-state index contributed by atoms with van der Waals surface area (Å²) in [6.07, 6.45) is 0.332. The van der Waals surface area contributed by atoms with Gasteiger partial charge in [-0.2, -0.15) is 5.26 Å². The zero-order valence-corrected chi connectivity index (χ0v) is 12.1. The van der Waals surface area contributed by atoms with Crippen LogP contribution in [0.25, 0.3) is 10.2 Å². The van der Waals surface area contributed by atoms with Crippen LogP contribution in [0.3, 0.4) is 0 Å². The number of rotatable bonds is 5. The molecular weight excluding hydrogens is 276 g/mol. The molecule has 20 heavy (non-hydrogen) atoms. The summed E-state index contributed by atoms with van der Waals surface area (Å²) in [6, 6.07) is 5.39. The van der Waals surface area contributed by atoms with Crippen LogP contribution in [0.5, 0.6) is 0 Å². The number of anilines is 1. The predicted molar refractivity (Wildman–Crippen MR) is 79.1 cm³/mol. The van der Waals surface area contributed by atoms with E-state index in [9.17, 15) is 10.1 Å².